The van der Waals surface area contributed by atoms with Crippen molar-refractivity contribution in [1.82, 2.24) is 40.0 Å². The average Bonchev–Trinajstić information content (AvgIpc) is 3.91. The third-order valence-corrected chi connectivity index (χ3v) is 14.3. The summed E-state index contributed by atoms with van der Waals surface area (Å²) in [5.41, 5.74) is 4.08. The number of hydrogen-bond acceptors (Lipinski definition) is 11. The van der Waals surface area contributed by atoms with Crippen molar-refractivity contribution < 1.29 is 37.1 Å². The van der Waals surface area contributed by atoms with Crippen molar-refractivity contribution in [2.45, 2.75) is 63.6 Å². The van der Waals surface area contributed by atoms with Crippen LogP contribution in [-0.4, -0.2) is 125 Å². The number of carbonyl (C=O) groups excluding carboxylic acids is 4. The highest BCUT2D eigenvalue weighted by atomic mass is 35.5. The lowest BCUT2D eigenvalue weighted by atomic mass is 9.69. The van der Waals surface area contributed by atoms with E-state index in [1.807, 2.05) is 34.1 Å². The van der Waals surface area contributed by atoms with Gasteiger partial charge in [0.2, 0.25) is 5.91 Å². The van der Waals surface area contributed by atoms with E-state index in [-0.39, 0.29) is 85.6 Å². The number of amides is 5. The first-order chi connectivity index (χ1) is 31.7. The molecule has 66 heavy (non-hydrogen) atoms. The summed E-state index contributed by atoms with van der Waals surface area (Å²) in [4.78, 5) is 66.7. The number of hydrogen-bond donors (Lipinski definition) is 3. The van der Waals surface area contributed by atoms with Gasteiger partial charge in [0.25, 0.3) is 17.7 Å². The molecule has 0 radical (unpaired) electrons. The SMILES string of the molecule is CNc1cc(N2CCc3c(-c4ncc(CN5CC6(CCN(C(=O)c7cc(Cl)c(C)c(N8CCC(=O)NC8=O)c7)CC6(F)F)C5)cc4F)cccc32)nn2c(C(=O)NC3CC[C@H]3OC)cnc12. The van der Waals surface area contributed by atoms with E-state index in [1.165, 1.54) is 33.8 Å². The molecule has 1 spiro atoms. The number of imidazole rings is 1. The minimum absolute atomic E-state index is 0.0334. The van der Waals surface area contributed by atoms with Crippen LogP contribution < -0.4 is 25.8 Å². The summed E-state index contributed by atoms with van der Waals surface area (Å²) in [5, 5.41) is 13.5. The van der Waals surface area contributed by atoms with E-state index in [0.29, 0.717) is 52.5 Å². The van der Waals surface area contributed by atoms with Crippen LogP contribution in [-0.2, 0) is 22.5 Å². The van der Waals surface area contributed by atoms with E-state index in [9.17, 15) is 19.2 Å². The van der Waals surface area contributed by atoms with Gasteiger partial charge in [-0.05, 0) is 73.6 Å². The quantitative estimate of drug-likeness (QED) is 0.151. The second-order valence-corrected chi connectivity index (χ2v) is 18.2. The average molecular weight is 926 g/mol. The largest absolute Gasteiger partial charge is 0.385 e. The van der Waals surface area contributed by atoms with Gasteiger partial charge in [-0.25, -0.2) is 27.5 Å². The number of halogens is 4. The molecule has 3 saturated heterocycles. The summed E-state index contributed by atoms with van der Waals surface area (Å²) >= 11 is 6.47. The maximum atomic E-state index is 16.1. The Hall–Kier alpha value is -6.31. The zero-order valence-corrected chi connectivity index (χ0v) is 37.2. The molecule has 4 aliphatic heterocycles. The van der Waals surface area contributed by atoms with Gasteiger partial charge in [-0.15, -0.1) is 5.10 Å². The number of methoxy groups -OCH3 is 1. The van der Waals surface area contributed by atoms with E-state index in [1.54, 1.807) is 27.3 Å². The molecule has 16 nitrogen and oxygen atoms in total. The molecule has 2 atom stereocenters. The fraction of sp³-hybridized carbons (Fsp3) is 0.413. The van der Waals surface area contributed by atoms with E-state index >= 15 is 13.2 Å². The molecule has 1 aliphatic carbocycles. The van der Waals surface area contributed by atoms with Gasteiger partial charge in [-0.3, -0.25) is 34.5 Å². The maximum Gasteiger partial charge on any atom is 0.328 e. The van der Waals surface area contributed by atoms with Gasteiger partial charge in [-0.1, -0.05) is 23.7 Å². The van der Waals surface area contributed by atoms with Crippen molar-refractivity contribution >= 4 is 63.9 Å². The highest BCUT2D eigenvalue weighted by molar-refractivity contribution is 6.32. The summed E-state index contributed by atoms with van der Waals surface area (Å²) in [6, 6.07) is 11.0. The van der Waals surface area contributed by atoms with Crippen LogP contribution in [0.2, 0.25) is 5.02 Å². The highest BCUT2D eigenvalue weighted by Gasteiger charge is 2.63. The smallest absolute Gasteiger partial charge is 0.328 e. The van der Waals surface area contributed by atoms with Gasteiger partial charge in [0.1, 0.15) is 11.5 Å². The molecule has 3 N–H and O–H groups in total. The Kier molecular flexibility index (Phi) is 10.9. The van der Waals surface area contributed by atoms with Crippen molar-refractivity contribution in [3.63, 3.8) is 0 Å². The number of nitrogens with zero attached hydrogens (tertiary/aromatic N) is 8. The van der Waals surface area contributed by atoms with E-state index in [2.05, 4.69) is 25.9 Å². The van der Waals surface area contributed by atoms with Gasteiger partial charge in [0.15, 0.2) is 17.2 Å². The van der Waals surface area contributed by atoms with Crippen LogP contribution in [0.3, 0.4) is 0 Å². The molecule has 344 valence electrons. The number of rotatable bonds is 10. The second kappa shape index (κ2) is 16.5. The molecule has 3 aromatic heterocycles. The molecule has 5 aliphatic rings. The molecule has 2 aromatic carbocycles. The predicted molar refractivity (Wildman–Crippen MR) is 239 cm³/mol. The molecular weight excluding hydrogens is 879 g/mol. The Balaban J connectivity index is 0.806. The van der Waals surface area contributed by atoms with Gasteiger partial charge in [0.05, 0.1) is 41.7 Å². The number of fused-ring (bicyclic) bond motifs is 2. The predicted octanol–water partition coefficient (Wildman–Crippen LogP) is 5.97. The number of aromatic nitrogens is 4. The van der Waals surface area contributed by atoms with Gasteiger partial charge in [0, 0.05) is 93.9 Å². The first-order valence-corrected chi connectivity index (χ1v) is 22.3. The number of anilines is 4. The zero-order valence-electron chi connectivity index (χ0n) is 36.5. The third-order valence-electron chi connectivity index (χ3n) is 13.9. The Bertz CT molecular complexity index is 2830. The minimum Gasteiger partial charge on any atom is -0.385 e. The van der Waals surface area contributed by atoms with Crippen molar-refractivity contribution in [3.8, 4) is 11.3 Å². The van der Waals surface area contributed by atoms with Gasteiger partial charge in [-0.2, -0.15) is 0 Å². The molecule has 7 heterocycles. The Morgan fingerprint density at radius 2 is 1.79 bits per heavy atom. The number of alkyl halides is 2. The van der Waals surface area contributed by atoms with Crippen LogP contribution in [0, 0.1) is 18.2 Å². The van der Waals surface area contributed by atoms with Crippen LogP contribution in [0.5, 0.6) is 0 Å². The van der Waals surface area contributed by atoms with Crippen LogP contribution in [0.4, 0.5) is 40.8 Å². The lowest BCUT2D eigenvalue weighted by Crippen LogP contribution is -2.70. The molecule has 0 bridgehead atoms. The lowest BCUT2D eigenvalue weighted by Gasteiger charge is -2.57. The molecule has 1 saturated carbocycles. The Morgan fingerprint density at radius 3 is 2.50 bits per heavy atom. The van der Waals surface area contributed by atoms with Crippen molar-refractivity contribution in [2.75, 3.05) is 68.5 Å². The lowest BCUT2D eigenvalue weighted by molar-refractivity contribution is -0.220. The molecule has 1 unspecified atom stereocenters. The normalized spacial score (nSPS) is 21.1. The van der Waals surface area contributed by atoms with E-state index in [0.717, 1.165) is 29.0 Å². The number of piperidine rings is 1. The van der Waals surface area contributed by atoms with Gasteiger partial charge >= 0.3 is 6.03 Å². The summed E-state index contributed by atoms with van der Waals surface area (Å²) in [6.07, 6.45) is 5.46. The van der Waals surface area contributed by atoms with Crippen molar-refractivity contribution in [3.05, 3.63) is 93.6 Å². The van der Waals surface area contributed by atoms with Crippen LogP contribution in [0.15, 0.2) is 54.9 Å². The van der Waals surface area contributed by atoms with Crippen molar-refractivity contribution in [1.29, 1.82) is 0 Å². The fourth-order valence-electron chi connectivity index (χ4n) is 10.0. The Labute approximate surface area is 382 Å². The number of nitrogens with one attached hydrogen (secondary N) is 3. The first-order valence-electron chi connectivity index (χ1n) is 21.9. The van der Waals surface area contributed by atoms with Crippen LogP contribution >= 0.6 is 11.6 Å². The summed E-state index contributed by atoms with van der Waals surface area (Å²) in [7, 11) is 3.41. The molecule has 5 aromatic rings. The number of benzene rings is 2. The third kappa shape index (κ3) is 7.36. The monoisotopic (exact) mass is 925 g/mol. The maximum absolute atomic E-state index is 16.1. The standard InChI is InChI=1S/C46H47ClF3N11O5/c1-25-30(47)16-27(17-35(25)60-13-10-39(62)55-44(60)65)43(64)58-14-11-45(46(49,50)24-58)22-57(23-45)21-26-15-31(48)40(52-19-26)29-5-4-6-34-28(29)9-12-59(34)38-18-33(51-2)41-53-20-36(61(41)56-38)42(63)54-32-7-8-37(32)66-3/h4-6,15-20,32,37,51H,7-14,21-24H2,1-3H3,(H,54,63)(H,55,62,65)/t32?,37-/m1/s1. The van der Waals surface area contributed by atoms with Crippen molar-refractivity contribution in [2.24, 2.45) is 5.41 Å². The second-order valence-electron chi connectivity index (χ2n) is 17.8. The van der Waals surface area contributed by atoms with Gasteiger partial charge < -0.3 is 25.2 Å². The highest BCUT2D eigenvalue weighted by Crippen LogP contribution is 2.51. The molecule has 10 rings (SSSR count). The van der Waals surface area contributed by atoms with Crippen LogP contribution in [0.25, 0.3) is 16.9 Å². The summed E-state index contributed by atoms with van der Waals surface area (Å²) < 4.78 is 55.2. The van der Waals surface area contributed by atoms with E-state index < -0.39 is 41.5 Å². The molecule has 20 heteroatoms. The first kappa shape index (κ1) is 43.6. The number of carbonyl (C=O) groups is 4. The number of urea groups is 1. The zero-order chi connectivity index (χ0) is 46.2. The fourth-order valence-corrected chi connectivity index (χ4v) is 10.3. The Morgan fingerprint density at radius 1 is 0.985 bits per heavy atom. The number of pyridine rings is 1. The molecule has 5 amide bonds. The van der Waals surface area contributed by atoms with E-state index in [4.69, 9.17) is 21.4 Å². The summed E-state index contributed by atoms with van der Waals surface area (Å²) in [5.74, 6) is -4.53. The number of likely N-dealkylation sites (tertiary alicyclic amines) is 2. The summed E-state index contributed by atoms with van der Waals surface area (Å²) in [6.45, 7) is 1.94. The van der Waals surface area contributed by atoms with Crippen LogP contribution in [0.1, 0.15) is 63.2 Å². The molecule has 4 fully saturated rings. The minimum atomic E-state index is -3.22. The number of imide groups is 1. The topological polar surface area (TPSA) is 170 Å². The number of ether oxygens (including phenoxy) is 1. The molecular formula is C46H47ClF3N11O5.